The van der Waals surface area contributed by atoms with E-state index in [1.165, 1.54) is 6.33 Å². The van der Waals surface area contributed by atoms with Gasteiger partial charge >= 0.3 is 0 Å². The van der Waals surface area contributed by atoms with Crippen molar-refractivity contribution in [1.29, 1.82) is 0 Å². The highest BCUT2D eigenvalue weighted by Gasteiger charge is 2.16. The molecule has 0 saturated carbocycles. The molecule has 0 saturated heterocycles. The maximum Gasteiger partial charge on any atom is 0.179 e. The Morgan fingerprint density at radius 2 is 2.08 bits per heavy atom. The van der Waals surface area contributed by atoms with Crippen LogP contribution in [0.15, 0.2) is 11.2 Å². The average Bonchev–Trinajstić information content (AvgIpc) is 2.01. The highest BCUT2D eigenvalue weighted by molar-refractivity contribution is 7.90. The molecule has 0 aliphatic heterocycles. The molecule has 1 aromatic rings. The van der Waals surface area contributed by atoms with Crippen LogP contribution in [0, 0.1) is 6.92 Å². The van der Waals surface area contributed by atoms with E-state index in [-0.39, 0.29) is 11.4 Å². The first-order valence-electron chi connectivity index (χ1n) is 3.67. The summed E-state index contributed by atoms with van der Waals surface area (Å²) in [6, 6.07) is 0. The van der Waals surface area contributed by atoms with Crippen LogP contribution in [-0.4, -0.2) is 24.6 Å². The fraction of sp³-hybridized carbons (Fsp3) is 0.429. The monoisotopic (exact) mass is 201 g/mol. The van der Waals surface area contributed by atoms with Gasteiger partial charge in [0.05, 0.1) is 11.4 Å². The van der Waals surface area contributed by atoms with E-state index in [1.807, 2.05) is 0 Å². The van der Waals surface area contributed by atoms with Crippen LogP contribution in [0.5, 0.6) is 0 Å². The summed E-state index contributed by atoms with van der Waals surface area (Å²) in [4.78, 5) is 7.77. The van der Waals surface area contributed by atoms with Gasteiger partial charge in [0.1, 0.15) is 11.2 Å². The molecule has 13 heavy (non-hydrogen) atoms. The fourth-order valence-corrected chi connectivity index (χ4v) is 2.29. The second kappa shape index (κ2) is 3.39. The van der Waals surface area contributed by atoms with Crippen LogP contribution < -0.4 is 5.73 Å². The van der Waals surface area contributed by atoms with E-state index in [9.17, 15) is 8.42 Å². The zero-order valence-electron chi connectivity index (χ0n) is 7.48. The smallest absolute Gasteiger partial charge is 0.179 e. The lowest BCUT2D eigenvalue weighted by atomic mass is 10.3. The van der Waals surface area contributed by atoms with Crippen molar-refractivity contribution in [3.63, 3.8) is 0 Å². The third-order valence-corrected chi connectivity index (χ3v) is 2.89. The van der Waals surface area contributed by atoms with E-state index in [0.29, 0.717) is 11.4 Å². The van der Waals surface area contributed by atoms with Crippen molar-refractivity contribution in [3.05, 3.63) is 17.7 Å². The lowest BCUT2D eigenvalue weighted by Gasteiger charge is -2.06. The van der Waals surface area contributed by atoms with Crippen LogP contribution in [0.25, 0.3) is 0 Å². The maximum atomic E-state index is 11.3. The Bertz CT molecular complexity index is 414. The first-order chi connectivity index (χ1) is 5.96. The quantitative estimate of drug-likeness (QED) is 0.706. The third-order valence-electron chi connectivity index (χ3n) is 1.62. The van der Waals surface area contributed by atoms with E-state index >= 15 is 0 Å². The van der Waals surface area contributed by atoms with Crippen LogP contribution in [0.4, 0.5) is 0 Å². The van der Waals surface area contributed by atoms with Gasteiger partial charge in [-0.25, -0.2) is 18.4 Å². The Hall–Kier alpha value is -1.01. The second-order valence-electron chi connectivity index (χ2n) is 2.71. The maximum absolute atomic E-state index is 11.3. The number of aryl methyl sites for hydroxylation is 1. The molecule has 1 aromatic heterocycles. The highest BCUT2D eigenvalue weighted by atomic mass is 32.2. The van der Waals surface area contributed by atoms with Gasteiger partial charge in [0.25, 0.3) is 0 Å². The van der Waals surface area contributed by atoms with E-state index < -0.39 is 9.84 Å². The average molecular weight is 201 g/mol. The Morgan fingerprint density at radius 1 is 1.46 bits per heavy atom. The lowest BCUT2D eigenvalue weighted by molar-refractivity contribution is 0.598. The van der Waals surface area contributed by atoms with Crippen molar-refractivity contribution in [2.24, 2.45) is 5.73 Å². The Labute approximate surface area is 76.9 Å². The number of sulfone groups is 1. The van der Waals surface area contributed by atoms with Crippen molar-refractivity contribution in [2.45, 2.75) is 18.4 Å². The minimum Gasteiger partial charge on any atom is -0.325 e. The predicted octanol–water partition coefficient (Wildman–Crippen LogP) is -0.353. The molecule has 0 unspecified atom stereocenters. The minimum atomic E-state index is -3.28. The van der Waals surface area contributed by atoms with Crippen molar-refractivity contribution in [1.82, 2.24) is 9.97 Å². The molecular weight excluding hydrogens is 190 g/mol. The number of aromatic nitrogens is 2. The van der Waals surface area contributed by atoms with Gasteiger partial charge in [-0.15, -0.1) is 0 Å². The minimum absolute atomic E-state index is 0.103. The second-order valence-corrected chi connectivity index (χ2v) is 4.66. The Balaban J connectivity index is 3.50. The summed E-state index contributed by atoms with van der Waals surface area (Å²) in [6.45, 7) is 1.73. The summed E-state index contributed by atoms with van der Waals surface area (Å²) in [6.07, 6.45) is 2.43. The van der Waals surface area contributed by atoms with Gasteiger partial charge in [0.15, 0.2) is 9.84 Å². The first-order valence-corrected chi connectivity index (χ1v) is 5.56. The van der Waals surface area contributed by atoms with Crippen molar-refractivity contribution in [3.8, 4) is 0 Å². The van der Waals surface area contributed by atoms with Gasteiger partial charge in [-0.05, 0) is 6.92 Å². The zero-order valence-corrected chi connectivity index (χ0v) is 8.30. The summed E-state index contributed by atoms with van der Waals surface area (Å²) >= 11 is 0. The summed E-state index contributed by atoms with van der Waals surface area (Å²) in [5.74, 6) is 0. The molecule has 0 aromatic carbocycles. The number of nitrogens with two attached hydrogens (primary N) is 1. The highest BCUT2D eigenvalue weighted by Crippen LogP contribution is 2.15. The molecule has 0 aliphatic rings. The van der Waals surface area contributed by atoms with Gasteiger partial charge in [0.2, 0.25) is 0 Å². The fourth-order valence-electron chi connectivity index (χ4n) is 1.14. The third kappa shape index (κ3) is 2.02. The number of hydrogen-bond acceptors (Lipinski definition) is 5. The van der Waals surface area contributed by atoms with Crippen molar-refractivity contribution < 1.29 is 8.42 Å². The molecule has 1 heterocycles. The van der Waals surface area contributed by atoms with Gasteiger partial charge in [-0.2, -0.15) is 0 Å². The molecular formula is C7H11N3O2S. The van der Waals surface area contributed by atoms with Gasteiger partial charge in [0, 0.05) is 12.8 Å². The standard InChI is InChI=1S/C7H11N3O2S/c1-5-7(13(2,11)12)6(3-8)10-4-9-5/h4H,3,8H2,1-2H3. The molecule has 6 heteroatoms. The first kappa shape index (κ1) is 10.1. The molecule has 0 amide bonds. The van der Waals surface area contributed by atoms with Gasteiger partial charge in [-0.1, -0.05) is 0 Å². The molecule has 0 aliphatic carbocycles. The Morgan fingerprint density at radius 3 is 2.46 bits per heavy atom. The van der Waals surface area contributed by atoms with Gasteiger partial charge in [-0.3, -0.25) is 0 Å². The van der Waals surface area contributed by atoms with E-state index in [0.717, 1.165) is 6.26 Å². The number of nitrogens with zero attached hydrogens (tertiary/aromatic N) is 2. The van der Waals surface area contributed by atoms with Crippen molar-refractivity contribution in [2.75, 3.05) is 6.26 Å². The largest absolute Gasteiger partial charge is 0.325 e. The van der Waals surface area contributed by atoms with Crippen LogP contribution >= 0.6 is 0 Å². The topological polar surface area (TPSA) is 85.9 Å². The molecule has 0 bridgehead atoms. The number of rotatable bonds is 2. The van der Waals surface area contributed by atoms with Gasteiger partial charge < -0.3 is 5.73 Å². The summed E-state index contributed by atoms with van der Waals surface area (Å²) < 4.78 is 22.6. The molecule has 72 valence electrons. The molecule has 5 nitrogen and oxygen atoms in total. The Kier molecular flexibility index (Phi) is 2.63. The van der Waals surface area contributed by atoms with Crippen LogP contribution in [0.1, 0.15) is 11.4 Å². The summed E-state index contributed by atoms with van der Waals surface area (Å²) in [7, 11) is -3.28. The summed E-state index contributed by atoms with van der Waals surface area (Å²) in [5, 5.41) is 0. The molecule has 0 atom stereocenters. The van der Waals surface area contributed by atoms with Crippen LogP contribution in [0.3, 0.4) is 0 Å². The molecule has 0 radical (unpaired) electrons. The van der Waals surface area contributed by atoms with E-state index in [2.05, 4.69) is 9.97 Å². The SMILES string of the molecule is Cc1ncnc(CN)c1S(C)(=O)=O. The molecule has 0 fully saturated rings. The summed E-state index contributed by atoms with van der Waals surface area (Å²) in [5.41, 5.74) is 6.17. The van der Waals surface area contributed by atoms with E-state index in [1.54, 1.807) is 6.92 Å². The normalized spacial score (nSPS) is 11.6. The number of hydrogen-bond donors (Lipinski definition) is 1. The lowest BCUT2D eigenvalue weighted by Crippen LogP contribution is -2.11. The van der Waals surface area contributed by atoms with Crippen LogP contribution in [0.2, 0.25) is 0 Å². The zero-order chi connectivity index (χ0) is 10.1. The predicted molar refractivity (Wildman–Crippen MR) is 47.8 cm³/mol. The molecule has 1 rings (SSSR count). The molecule has 0 spiro atoms. The van der Waals surface area contributed by atoms with Crippen LogP contribution in [-0.2, 0) is 16.4 Å². The molecule has 2 N–H and O–H groups in total. The van der Waals surface area contributed by atoms with Crippen molar-refractivity contribution >= 4 is 9.84 Å². The van der Waals surface area contributed by atoms with E-state index in [4.69, 9.17) is 5.73 Å².